The first kappa shape index (κ1) is 14.1. The van der Waals surface area contributed by atoms with Crippen LogP contribution >= 0.6 is 0 Å². The van der Waals surface area contributed by atoms with Crippen molar-refractivity contribution in [3.63, 3.8) is 0 Å². The minimum absolute atomic E-state index is 0.130. The Kier molecular flexibility index (Phi) is 3.46. The molecule has 0 aromatic heterocycles. The monoisotopic (exact) mass is 285 g/mol. The highest BCUT2D eigenvalue weighted by Crippen LogP contribution is 2.34. The predicted octanol–water partition coefficient (Wildman–Crippen LogP) is 3.77. The topological polar surface area (TPSA) is 32.3 Å². The number of halogens is 1. The van der Waals surface area contributed by atoms with Crippen LogP contribution in [0.25, 0.3) is 0 Å². The van der Waals surface area contributed by atoms with Crippen LogP contribution in [0.3, 0.4) is 0 Å². The van der Waals surface area contributed by atoms with Crippen LogP contribution in [0.4, 0.5) is 10.1 Å². The number of fused-ring (bicyclic) bond motifs is 1. The van der Waals surface area contributed by atoms with Crippen molar-refractivity contribution in [2.24, 2.45) is 0 Å². The van der Waals surface area contributed by atoms with Crippen molar-refractivity contribution < 1.29 is 9.50 Å². The molecule has 1 aliphatic rings. The first-order valence-electron chi connectivity index (χ1n) is 7.32. The Balaban J connectivity index is 1.90. The van der Waals surface area contributed by atoms with Gasteiger partial charge >= 0.3 is 0 Å². The van der Waals surface area contributed by atoms with Crippen molar-refractivity contribution in [1.29, 1.82) is 0 Å². The van der Waals surface area contributed by atoms with E-state index in [9.17, 15) is 9.50 Å². The Morgan fingerprint density at radius 1 is 1.24 bits per heavy atom. The summed E-state index contributed by atoms with van der Waals surface area (Å²) in [5.41, 5.74) is 2.42. The summed E-state index contributed by atoms with van der Waals surface area (Å²) < 4.78 is 13.8. The molecule has 2 nitrogen and oxygen atoms in total. The fourth-order valence-corrected chi connectivity index (χ4v) is 2.97. The van der Waals surface area contributed by atoms with E-state index in [0.29, 0.717) is 11.1 Å². The molecule has 0 amide bonds. The Morgan fingerprint density at radius 2 is 2.00 bits per heavy atom. The number of rotatable bonds is 2. The Hall–Kier alpha value is -1.87. The molecule has 2 N–H and O–H groups in total. The van der Waals surface area contributed by atoms with Gasteiger partial charge in [-0.25, -0.2) is 4.39 Å². The zero-order valence-corrected chi connectivity index (χ0v) is 12.4. The highest BCUT2D eigenvalue weighted by atomic mass is 19.1. The van der Waals surface area contributed by atoms with Gasteiger partial charge in [0.05, 0.1) is 6.04 Å². The molecule has 0 fully saturated rings. The van der Waals surface area contributed by atoms with E-state index in [1.807, 2.05) is 18.2 Å². The molecular formula is C18H20FNO. The van der Waals surface area contributed by atoms with Gasteiger partial charge in [0.25, 0.3) is 0 Å². The van der Waals surface area contributed by atoms with E-state index in [4.69, 9.17) is 0 Å². The van der Waals surface area contributed by atoms with Gasteiger partial charge in [0.2, 0.25) is 0 Å². The zero-order valence-electron chi connectivity index (χ0n) is 12.4. The molecule has 2 atom stereocenters. The maximum atomic E-state index is 13.8. The lowest BCUT2D eigenvalue weighted by Crippen LogP contribution is -2.44. The average molecular weight is 285 g/mol. The van der Waals surface area contributed by atoms with Gasteiger partial charge < -0.3 is 10.4 Å². The minimum atomic E-state index is -1.11. The second-order valence-electron chi connectivity index (χ2n) is 6.00. The number of aliphatic hydroxyl groups is 1. The molecule has 0 bridgehead atoms. The molecule has 110 valence electrons. The molecular weight excluding hydrogens is 265 g/mol. The van der Waals surface area contributed by atoms with Crippen molar-refractivity contribution in [3.05, 3.63) is 65.0 Å². The van der Waals surface area contributed by atoms with Crippen LogP contribution in [0.2, 0.25) is 0 Å². The Bertz CT molecular complexity index is 666. The molecule has 2 aromatic carbocycles. The smallest absolute Gasteiger partial charge is 0.126 e. The summed E-state index contributed by atoms with van der Waals surface area (Å²) in [7, 11) is 0. The van der Waals surface area contributed by atoms with Crippen LogP contribution in [0.15, 0.2) is 42.5 Å². The quantitative estimate of drug-likeness (QED) is 0.880. The van der Waals surface area contributed by atoms with E-state index in [1.54, 1.807) is 26.0 Å². The summed E-state index contributed by atoms with van der Waals surface area (Å²) in [5, 5.41) is 14.3. The first-order valence-corrected chi connectivity index (χ1v) is 7.32. The van der Waals surface area contributed by atoms with Crippen LogP contribution in [0, 0.1) is 12.7 Å². The van der Waals surface area contributed by atoms with Gasteiger partial charge in [0, 0.05) is 5.69 Å². The molecule has 1 heterocycles. The highest BCUT2D eigenvalue weighted by molar-refractivity contribution is 5.54. The molecule has 0 aliphatic carbocycles. The van der Waals surface area contributed by atoms with Gasteiger partial charge in [0.15, 0.2) is 0 Å². The number of benzene rings is 2. The third kappa shape index (κ3) is 2.54. The Labute approximate surface area is 124 Å². The Morgan fingerprint density at radius 3 is 2.76 bits per heavy atom. The van der Waals surface area contributed by atoms with Crippen molar-refractivity contribution in [3.8, 4) is 0 Å². The van der Waals surface area contributed by atoms with E-state index in [2.05, 4.69) is 11.4 Å². The lowest BCUT2D eigenvalue weighted by Gasteiger charge is -2.38. The maximum absolute atomic E-state index is 13.8. The molecule has 0 saturated heterocycles. The number of nitrogens with one attached hydrogen (secondary N) is 1. The highest BCUT2D eigenvalue weighted by Gasteiger charge is 2.36. The summed E-state index contributed by atoms with van der Waals surface area (Å²) in [4.78, 5) is 0. The first-order chi connectivity index (χ1) is 9.98. The lowest BCUT2D eigenvalue weighted by molar-refractivity contribution is 0.0319. The molecule has 0 radical (unpaired) electrons. The summed E-state index contributed by atoms with van der Waals surface area (Å²) in [5.74, 6) is -0.274. The standard InChI is InChI=1S/C18H20FNO/c1-12-7-9-14(11-15(12)19)18(2,21)17-10-8-13-5-3-4-6-16(13)20-17/h3-7,9,11,17,20-21H,8,10H2,1-2H3. The van der Waals surface area contributed by atoms with Gasteiger partial charge in [-0.3, -0.25) is 0 Å². The van der Waals surface area contributed by atoms with Crippen molar-refractivity contribution in [2.75, 3.05) is 5.32 Å². The minimum Gasteiger partial charge on any atom is -0.383 e. The average Bonchev–Trinajstić information content (AvgIpc) is 2.49. The maximum Gasteiger partial charge on any atom is 0.126 e. The van der Waals surface area contributed by atoms with Crippen molar-refractivity contribution in [1.82, 2.24) is 0 Å². The lowest BCUT2D eigenvalue weighted by atomic mass is 9.82. The van der Waals surface area contributed by atoms with Crippen LogP contribution < -0.4 is 5.32 Å². The van der Waals surface area contributed by atoms with E-state index in [1.165, 1.54) is 11.6 Å². The molecule has 2 unspecified atom stereocenters. The fourth-order valence-electron chi connectivity index (χ4n) is 2.97. The molecule has 3 rings (SSSR count). The third-order valence-electron chi connectivity index (χ3n) is 4.48. The van der Waals surface area contributed by atoms with Gasteiger partial charge in [-0.05, 0) is 55.5 Å². The number of aryl methyl sites for hydroxylation is 2. The van der Waals surface area contributed by atoms with Crippen LogP contribution in [-0.4, -0.2) is 11.1 Å². The second kappa shape index (κ2) is 5.15. The summed E-state index contributed by atoms with van der Waals surface area (Å²) in [6, 6.07) is 13.0. The van der Waals surface area contributed by atoms with Crippen LogP contribution in [-0.2, 0) is 12.0 Å². The van der Waals surface area contributed by atoms with Crippen molar-refractivity contribution >= 4 is 5.69 Å². The molecule has 0 saturated carbocycles. The van der Waals surface area contributed by atoms with E-state index in [0.717, 1.165) is 18.5 Å². The van der Waals surface area contributed by atoms with Gasteiger partial charge in [-0.2, -0.15) is 0 Å². The normalized spacial score (nSPS) is 20.3. The predicted molar refractivity (Wildman–Crippen MR) is 82.9 cm³/mol. The van der Waals surface area contributed by atoms with Gasteiger partial charge in [-0.1, -0.05) is 30.3 Å². The summed E-state index contributed by atoms with van der Waals surface area (Å²) in [6.07, 6.45) is 1.73. The summed E-state index contributed by atoms with van der Waals surface area (Å²) in [6.45, 7) is 3.48. The largest absolute Gasteiger partial charge is 0.383 e. The number of para-hydroxylation sites is 1. The van der Waals surface area contributed by atoms with E-state index < -0.39 is 5.60 Å². The molecule has 21 heavy (non-hydrogen) atoms. The van der Waals surface area contributed by atoms with E-state index in [-0.39, 0.29) is 11.9 Å². The molecule has 1 aliphatic heterocycles. The number of hydrogen-bond acceptors (Lipinski definition) is 2. The van der Waals surface area contributed by atoms with Gasteiger partial charge in [-0.15, -0.1) is 0 Å². The van der Waals surface area contributed by atoms with E-state index >= 15 is 0 Å². The second-order valence-corrected chi connectivity index (χ2v) is 6.00. The fraction of sp³-hybridized carbons (Fsp3) is 0.333. The molecule has 0 spiro atoms. The molecule has 3 heteroatoms. The van der Waals surface area contributed by atoms with Crippen molar-refractivity contribution in [2.45, 2.75) is 38.3 Å². The number of hydrogen-bond donors (Lipinski definition) is 2. The summed E-state index contributed by atoms with van der Waals surface area (Å²) >= 11 is 0. The number of anilines is 1. The molecule has 2 aromatic rings. The van der Waals surface area contributed by atoms with Crippen LogP contribution in [0.5, 0.6) is 0 Å². The zero-order chi connectivity index (χ0) is 15.0. The third-order valence-corrected chi connectivity index (χ3v) is 4.48. The SMILES string of the molecule is Cc1ccc(C(C)(O)C2CCc3ccccc3N2)cc1F. The van der Waals surface area contributed by atoms with Gasteiger partial charge in [0.1, 0.15) is 11.4 Å². The van der Waals surface area contributed by atoms with Crippen LogP contribution in [0.1, 0.15) is 30.0 Å².